The van der Waals surface area contributed by atoms with Gasteiger partial charge in [0.05, 0.1) is 6.04 Å². The molecule has 1 aliphatic heterocycles. The van der Waals surface area contributed by atoms with Crippen LogP contribution in [-0.4, -0.2) is 13.1 Å². The lowest BCUT2D eigenvalue weighted by molar-refractivity contribution is 0.569. The fraction of sp³-hybridized carbons (Fsp3) is 0.333. The maximum atomic E-state index is 13.2. The van der Waals surface area contributed by atoms with Crippen LogP contribution in [-0.2, 0) is 6.54 Å². The Labute approximate surface area is 125 Å². The minimum absolute atomic E-state index is 0.183. The van der Waals surface area contributed by atoms with E-state index >= 15 is 0 Å². The van der Waals surface area contributed by atoms with Gasteiger partial charge in [0.15, 0.2) is 0 Å². The van der Waals surface area contributed by atoms with Gasteiger partial charge in [-0.2, -0.15) is 0 Å². The number of hydrogen-bond acceptors (Lipinski definition) is 2. The highest BCUT2D eigenvalue weighted by Crippen LogP contribution is 2.32. The van der Waals surface area contributed by atoms with E-state index in [0.717, 1.165) is 31.7 Å². The second kappa shape index (κ2) is 6.27. The molecule has 0 aromatic heterocycles. The molecule has 0 amide bonds. The van der Waals surface area contributed by atoms with Crippen LogP contribution in [0.5, 0.6) is 0 Å². The van der Waals surface area contributed by atoms with Crippen LogP contribution in [0.1, 0.15) is 30.5 Å². The minimum atomic E-state index is -0.183. The molecule has 1 unspecified atom stereocenters. The Morgan fingerprint density at radius 2 is 1.90 bits per heavy atom. The Morgan fingerprint density at radius 3 is 2.67 bits per heavy atom. The summed E-state index contributed by atoms with van der Waals surface area (Å²) in [5.74, 6) is -0.183. The lowest BCUT2D eigenvalue weighted by Gasteiger charge is -2.33. The molecule has 0 saturated carbocycles. The second-order valence-electron chi connectivity index (χ2n) is 5.44. The summed E-state index contributed by atoms with van der Waals surface area (Å²) in [4.78, 5) is 2.37. The maximum Gasteiger partial charge on any atom is 0.123 e. The fourth-order valence-corrected chi connectivity index (χ4v) is 3.18. The van der Waals surface area contributed by atoms with Crippen molar-refractivity contribution in [1.29, 1.82) is 0 Å². The van der Waals surface area contributed by atoms with Crippen molar-refractivity contribution >= 4 is 5.69 Å². The summed E-state index contributed by atoms with van der Waals surface area (Å²) in [5, 5.41) is 3.49. The standard InChI is InChI=1S/C18H21FN2/c1-2-21(16-9-7-15(19)8-10-16)18-11-12-20-13-14-5-3-4-6-17(14)18/h3-10,18,20H,2,11-13H2,1H3. The van der Waals surface area contributed by atoms with E-state index < -0.39 is 0 Å². The zero-order valence-electron chi connectivity index (χ0n) is 12.3. The molecule has 0 aliphatic carbocycles. The van der Waals surface area contributed by atoms with Crippen molar-refractivity contribution in [3.63, 3.8) is 0 Å². The third kappa shape index (κ3) is 2.93. The molecule has 2 aromatic carbocycles. The smallest absolute Gasteiger partial charge is 0.123 e. The molecule has 1 aliphatic rings. The summed E-state index contributed by atoms with van der Waals surface area (Å²) in [6.45, 7) is 4.99. The van der Waals surface area contributed by atoms with Gasteiger partial charge in [-0.3, -0.25) is 0 Å². The number of rotatable bonds is 3. The van der Waals surface area contributed by atoms with Crippen molar-refractivity contribution in [2.45, 2.75) is 25.9 Å². The van der Waals surface area contributed by atoms with Crippen LogP contribution >= 0.6 is 0 Å². The largest absolute Gasteiger partial charge is 0.365 e. The van der Waals surface area contributed by atoms with E-state index in [1.54, 1.807) is 12.1 Å². The molecule has 0 fully saturated rings. The number of fused-ring (bicyclic) bond motifs is 1. The van der Waals surface area contributed by atoms with Crippen LogP contribution in [0.4, 0.5) is 10.1 Å². The predicted octanol–water partition coefficient (Wildman–Crippen LogP) is 3.89. The Kier molecular flexibility index (Phi) is 4.20. The van der Waals surface area contributed by atoms with Gasteiger partial charge < -0.3 is 10.2 Å². The summed E-state index contributed by atoms with van der Waals surface area (Å²) < 4.78 is 13.2. The zero-order chi connectivity index (χ0) is 14.7. The monoisotopic (exact) mass is 284 g/mol. The lowest BCUT2D eigenvalue weighted by Crippen LogP contribution is -2.29. The second-order valence-corrected chi connectivity index (χ2v) is 5.44. The number of halogens is 1. The zero-order valence-corrected chi connectivity index (χ0v) is 12.3. The third-order valence-corrected chi connectivity index (χ3v) is 4.20. The number of nitrogens with one attached hydrogen (secondary N) is 1. The summed E-state index contributed by atoms with van der Waals surface area (Å²) >= 11 is 0. The number of nitrogens with zero attached hydrogens (tertiary/aromatic N) is 1. The van der Waals surface area contributed by atoms with Gasteiger partial charge in [-0.25, -0.2) is 4.39 Å². The van der Waals surface area contributed by atoms with E-state index in [9.17, 15) is 4.39 Å². The van der Waals surface area contributed by atoms with Gasteiger partial charge in [0.1, 0.15) is 5.82 Å². The quantitative estimate of drug-likeness (QED) is 0.920. The van der Waals surface area contributed by atoms with E-state index in [1.807, 2.05) is 12.1 Å². The molecule has 0 bridgehead atoms. The molecular weight excluding hydrogens is 263 g/mol. The van der Waals surface area contributed by atoms with E-state index in [1.165, 1.54) is 11.1 Å². The molecule has 1 N–H and O–H groups in total. The highest BCUT2D eigenvalue weighted by atomic mass is 19.1. The van der Waals surface area contributed by atoms with Gasteiger partial charge in [-0.05, 0) is 55.3 Å². The van der Waals surface area contributed by atoms with Gasteiger partial charge >= 0.3 is 0 Å². The van der Waals surface area contributed by atoms with Crippen LogP contribution < -0.4 is 10.2 Å². The van der Waals surface area contributed by atoms with Crippen molar-refractivity contribution in [3.8, 4) is 0 Å². The van der Waals surface area contributed by atoms with Gasteiger partial charge in [0.25, 0.3) is 0 Å². The molecular formula is C18H21FN2. The van der Waals surface area contributed by atoms with Crippen LogP contribution in [0.25, 0.3) is 0 Å². The van der Waals surface area contributed by atoms with Crippen LogP contribution in [0.15, 0.2) is 48.5 Å². The van der Waals surface area contributed by atoms with Crippen LogP contribution in [0.2, 0.25) is 0 Å². The minimum Gasteiger partial charge on any atom is -0.365 e. The fourth-order valence-electron chi connectivity index (χ4n) is 3.18. The molecule has 1 atom stereocenters. The molecule has 2 aromatic rings. The Hall–Kier alpha value is -1.87. The van der Waals surface area contributed by atoms with Crippen molar-refractivity contribution in [2.24, 2.45) is 0 Å². The number of anilines is 1. The van der Waals surface area contributed by atoms with Crippen molar-refractivity contribution < 1.29 is 4.39 Å². The molecule has 21 heavy (non-hydrogen) atoms. The summed E-state index contributed by atoms with van der Waals surface area (Å²) in [6, 6.07) is 15.8. The summed E-state index contributed by atoms with van der Waals surface area (Å²) in [6.07, 6.45) is 1.06. The molecule has 1 heterocycles. The SMILES string of the molecule is CCN(c1ccc(F)cc1)C1CCNCc2ccccc21. The molecule has 110 valence electrons. The third-order valence-electron chi connectivity index (χ3n) is 4.20. The summed E-state index contributed by atoms with van der Waals surface area (Å²) in [7, 11) is 0. The first-order valence-electron chi connectivity index (χ1n) is 7.60. The van der Waals surface area contributed by atoms with Crippen molar-refractivity contribution in [3.05, 3.63) is 65.5 Å². The molecule has 2 nitrogen and oxygen atoms in total. The molecule has 0 saturated heterocycles. The van der Waals surface area contributed by atoms with E-state index in [2.05, 4.69) is 41.4 Å². The Bertz CT molecular complexity index is 594. The van der Waals surface area contributed by atoms with Gasteiger partial charge in [-0.15, -0.1) is 0 Å². The maximum absolute atomic E-state index is 13.2. The number of benzene rings is 2. The normalized spacial score (nSPS) is 17.9. The molecule has 3 rings (SSSR count). The van der Waals surface area contributed by atoms with Crippen LogP contribution in [0, 0.1) is 5.82 Å². The van der Waals surface area contributed by atoms with Gasteiger partial charge in [0.2, 0.25) is 0 Å². The Morgan fingerprint density at radius 1 is 1.14 bits per heavy atom. The first-order chi connectivity index (χ1) is 10.3. The lowest BCUT2D eigenvalue weighted by atomic mass is 9.97. The molecule has 0 radical (unpaired) electrons. The average molecular weight is 284 g/mol. The first-order valence-corrected chi connectivity index (χ1v) is 7.60. The van der Waals surface area contributed by atoms with Crippen molar-refractivity contribution in [2.75, 3.05) is 18.0 Å². The predicted molar refractivity (Wildman–Crippen MR) is 84.9 cm³/mol. The first kappa shape index (κ1) is 14.1. The van der Waals surface area contributed by atoms with Gasteiger partial charge in [0, 0.05) is 18.8 Å². The summed E-state index contributed by atoms with van der Waals surface area (Å²) in [5.41, 5.74) is 3.83. The Balaban J connectivity index is 1.98. The van der Waals surface area contributed by atoms with E-state index in [-0.39, 0.29) is 5.82 Å². The average Bonchev–Trinajstić information content (AvgIpc) is 2.73. The van der Waals surface area contributed by atoms with Gasteiger partial charge in [-0.1, -0.05) is 24.3 Å². The topological polar surface area (TPSA) is 15.3 Å². The van der Waals surface area contributed by atoms with E-state index in [4.69, 9.17) is 0 Å². The molecule has 3 heteroatoms. The highest BCUT2D eigenvalue weighted by molar-refractivity contribution is 5.50. The van der Waals surface area contributed by atoms with Crippen molar-refractivity contribution in [1.82, 2.24) is 5.32 Å². The number of hydrogen-bond donors (Lipinski definition) is 1. The van der Waals surface area contributed by atoms with Crippen LogP contribution in [0.3, 0.4) is 0 Å². The molecule has 0 spiro atoms. The van der Waals surface area contributed by atoms with E-state index in [0.29, 0.717) is 6.04 Å². The highest BCUT2D eigenvalue weighted by Gasteiger charge is 2.23.